The summed E-state index contributed by atoms with van der Waals surface area (Å²) in [5.41, 5.74) is 5.29. The molecule has 0 bridgehead atoms. The predicted molar refractivity (Wildman–Crippen MR) is 70.3 cm³/mol. The quantitative estimate of drug-likeness (QED) is 0.657. The van der Waals surface area contributed by atoms with Gasteiger partial charge in [-0.25, -0.2) is 0 Å². The van der Waals surface area contributed by atoms with Crippen LogP contribution in [0.2, 0.25) is 0 Å². The molecular formula is C13H20N2O3. The van der Waals surface area contributed by atoms with Gasteiger partial charge in [0.2, 0.25) is 0 Å². The van der Waals surface area contributed by atoms with Crippen LogP contribution in [0.5, 0.6) is 5.75 Å². The zero-order chi connectivity index (χ0) is 13.6. The van der Waals surface area contributed by atoms with Gasteiger partial charge in [0.25, 0.3) is 5.91 Å². The van der Waals surface area contributed by atoms with E-state index in [1.165, 1.54) is 0 Å². The molecule has 0 aliphatic heterocycles. The third-order valence-electron chi connectivity index (χ3n) is 2.66. The second-order valence-electron chi connectivity index (χ2n) is 4.49. The molecule has 1 aromatic carbocycles. The summed E-state index contributed by atoms with van der Waals surface area (Å²) in [6, 6.07) is 6.87. The monoisotopic (exact) mass is 252 g/mol. The second-order valence-corrected chi connectivity index (χ2v) is 4.49. The van der Waals surface area contributed by atoms with Gasteiger partial charge in [-0.2, -0.15) is 0 Å². The lowest BCUT2D eigenvalue weighted by Crippen LogP contribution is -2.41. The third kappa shape index (κ3) is 5.05. The molecule has 0 aromatic heterocycles. The van der Waals surface area contributed by atoms with Crippen molar-refractivity contribution in [2.24, 2.45) is 0 Å². The van der Waals surface area contributed by atoms with Crippen molar-refractivity contribution in [3.8, 4) is 5.75 Å². The molecule has 4 N–H and O–H groups in total. The van der Waals surface area contributed by atoms with Gasteiger partial charge in [0.05, 0.1) is 5.60 Å². The maximum atomic E-state index is 11.5. The van der Waals surface area contributed by atoms with Crippen LogP contribution in [-0.2, 0) is 4.79 Å². The molecule has 1 amide bonds. The Bertz CT molecular complexity index is 405. The fraction of sp³-hybridized carbons (Fsp3) is 0.462. The number of aliphatic hydroxyl groups is 1. The number of anilines is 1. The minimum atomic E-state index is -0.882. The van der Waals surface area contributed by atoms with Gasteiger partial charge in [-0.3, -0.25) is 4.79 Å². The number of carbonyl (C=O) groups is 1. The van der Waals surface area contributed by atoms with Gasteiger partial charge in [-0.05, 0) is 25.5 Å². The molecule has 100 valence electrons. The Morgan fingerprint density at radius 1 is 1.56 bits per heavy atom. The van der Waals surface area contributed by atoms with E-state index in [0.29, 0.717) is 17.9 Å². The summed E-state index contributed by atoms with van der Waals surface area (Å²) in [5.74, 6) is 0.276. The smallest absolute Gasteiger partial charge is 0.258 e. The van der Waals surface area contributed by atoms with Gasteiger partial charge in [0.1, 0.15) is 5.75 Å². The molecule has 0 fully saturated rings. The molecule has 0 heterocycles. The number of ether oxygens (including phenoxy) is 1. The standard InChI is InChI=1S/C13H20N2O3/c1-3-13(2,17)9-15-12(16)8-18-11-6-4-5-10(14)7-11/h4-7,17H,3,8-9,14H2,1-2H3,(H,15,16). The van der Waals surface area contributed by atoms with Crippen molar-refractivity contribution < 1.29 is 14.6 Å². The van der Waals surface area contributed by atoms with Crippen LogP contribution >= 0.6 is 0 Å². The lowest BCUT2D eigenvalue weighted by Gasteiger charge is -2.21. The largest absolute Gasteiger partial charge is 0.484 e. The molecule has 0 saturated heterocycles. The van der Waals surface area contributed by atoms with Gasteiger partial charge in [-0.15, -0.1) is 0 Å². The lowest BCUT2D eigenvalue weighted by molar-refractivity contribution is -0.124. The normalized spacial score (nSPS) is 13.7. The van der Waals surface area contributed by atoms with E-state index < -0.39 is 5.60 Å². The molecule has 0 aliphatic rings. The van der Waals surface area contributed by atoms with Crippen molar-refractivity contribution in [1.29, 1.82) is 0 Å². The molecule has 0 saturated carbocycles. The predicted octanol–water partition coefficient (Wildman–Crippen LogP) is 0.925. The van der Waals surface area contributed by atoms with Crippen molar-refractivity contribution >= 4 is 11.6 Å². The van der Waals surface area contributed by atoms with Gasteiger partial charge in [0.15, 0.2) is 6.61 Å². The number of hydrogen-bond donors (Lipinski definition) is 3. The Kier molecular flexibility index (Phi) is 4.97. The fourth-order valence-corrected chi connectivity index (χ4v) is 1.22. The lowest BCUT2D eigenvalue weighted by atomic mass is 10.0. The number of nitrogens with two attached hydrogens (primary N) is 1. The number of benzene rings is 1. The minimum Gasteiger partial charge on any atom is -0.484 e. The minimum absolute atomic E-state index is 0.0940. The SMILES string of the molecule is CCC(C)(O)CNC(=O)COc1cccc(N)c1. The van der Waals surface area contributed by atoms with Crippen LogP contribution in [0.4, 0.5) is 5.69 Å². The Hall–Kier alpha value is -1.75. The fourth-order valence-electron chi connectivity index (χ4n) is 1.22. The summed E-state index contributed by atoms with van der Waals surface area (Å²) in [6.07, 6.45) is 0.573. The van der Waals surface area contributed by atoms with Crippen molar-refractivity contribution in [2.45, 2.75) is 25.9 Å². The number of nitrogen functional groups attached to an aromatic ring is 1. The molecule has 0 radical (unpaired) electrons. The molecule has 5 heteroatoms. The molecule has 1 atom stereocenters. The number of carbonyl (C=O) groups excluding carboxylic acids is 1. The molecule has 0 aliphatic carbocycles. The Balaban J connectivity index is 2.34. The first-order valence-electron chi connectivity index (χ1n) is 5.90. The average Bonchev–Trinajstić information content (AvgIpc) is 2.34. The average molecular weight is 252 g/mol. The zero-order valence-corrected chi connectivity index (χ0v) is 10.8. The summed E-state index contributed by atoms with van der Waals surface area (Å²) >= 11 is 0. The van der Waals surface area contributed by atoms with Crippen LogP contribution in [0.1, 0.15) is 20.3 Å². The summed E-state index contributed by atoms with van der Waals surface area (Å²) < 4.78 is 5.27. The summed E-state index contributed by atoms with van der Waals surface area (Å²) in [7, 11) is 0. The summed E-state index contributed by atoms with van der Waals surface area (Å²) in [6.45, 7) is 3.65. The van der Waals surface area contributed by atoms with E-state index in [9.17, 15) is 9.90 Å². The van der Waals surface area contributed by atoms with Gasteiger partial charge in [-0.1, -0.05) is 13.0 Å². The second kappa shape index (κ2) is 6.26. The van der Waals surface area contributed by atoms with Crippen LogP contribution in [0.25, 0.3) is 0 Å². The van der Waals surface area contributed by atoms with Crippen molar-refractivity contribution in [3.05, 3.63) is 24.3 Å². The summed E-state index contributed by atoms with van der Waals surface area (Å²) in [4.78, 5) is 11.5. The molecule has 18 heavy (non-hydrogen) atoms. The van der Waals surface area contributed by atoms with Gasteiger partial charge >= 0.3 is 0 Å². The maximum Gasteiger partial charge on any atom is 0.258 e. The number of hydrogen-bond acceptors (Lipinski definition) is 4. The van der Waals surface area contributed by atoms with Crippen LogP contribution < -0.4 is 15.8 Å². The van der Waals surface area contributed by atoms with Crippen LogP contribution in [0.3, 0.4) is 0 Å². The molecule has 0 spiro atoms. The van der Waals surface area contributed by atoms with E-state index in [-0.39, 0.29) is 19.1 Å². The first kappa shape index (κ1) is 14.3. The Morgan fingerprint density at radius 2 is 2.28 bits per heavy atom. The van der Waals surface area contributed by atoms with E-state index in [1.807, 2.05) is 6.92 Å². The highest BCUT2D eigenvalue weighted by Crippen LogP contribution is 2.14. The van der Waals surface area contributed by atoms with Crippen molar-refractivity contribution in [1.82, 2.24) is 5.32 Å². The van der Waals surface area contributed by atoms with E-state index in [4.69, 9.17) is 10.5 Å². The van der Waals surface area contributed by atoms with Crippen molar-refractivity contribution in [2.75, 3.05) is 18.9 Å². The molecule has 1 unspecified atom stereocenters. The topological polar surface area (TPSA) is 84.6 Å². The number of nitrogens with one attached hydrogen (secondary N) is 1. The highest BCUT2D eigenvalue weighted by molar-refractivity contribution is 5.77. The third-order valence-corrected chi connectivity index (χ3v) is 2.66. The number of rotatable bonds is 6. The Labute approximate surface area is 107 Å². The van der Waals surface area contributed by atoms with Gasteiger partial charge < -0.3 is 20.9 Å². The molecule has 5 nitrogen and oxygen atoms in total. The van der Waals surface area contributed by atoms with E-state index in [0.717, 1.165) is 0 Å². The van der Waals surface area contributed by atoms with E-state index in [2.05, 4.69) is 5.32 Å². The zero-order valence-electron chi connectivity index (χ0n) is 10.8. The van der Waals surface area contributed by atoms with Crippen LogP contribution in [0, 0.1) is 0 Å². The molecular weight excluding hydrogens is 232 g/mol. The van der Waals surface area contributed by atoms with Crippen LogP contribution in [0.15, 0.2) is 24.3 Å². The highest BCUT2D eigenvalue weighted by Gasteiger charge is 2.18. The Morgan fingerprint density at radius 3 is 2.89 bits per heavy atom. The molecule has 1 rings (SSSR count). The van der Waals surface area contributed by atoms with E-state index in [1.54, 1.807) is 31.2 Å². The first-order valence-corrected chi connectivity index (χ1v) is 5.90. The van der Waals surface area contributed by atoms with Crippen LogP contribution in [-0.4, -0.2) is 29.8 Å². The maximum absolute atomic E-state index is 11.5. The molecule has 1 aromatic rings. The summed E-state index contributed by atoms with van der Waals surface area (Å²) in [5, 5.41) is 12.3. The number of amides is 1. The highest BCUT2D eigenvalue weighted by atomic mass is 16.5. The van der Waals surface area contributed by atoms with E-state index >= 15 is 0 Å². The van der Waals surface area contributed by atoms with Crippen molar-refractivity contribution in [3.63, 3.8) is 0 Å². The van der Waals surface area contributed by atoms with Gasteiger partial charge in [0, 0.05) is 18.3 Å². The first-order chi connectivity index (χ1) is 8.43.